The summed E-state index contributed by atoms with van der Waals surface area (Å²) in [5.74, 6) is -0.644. The van der Waals surface area contributed by atoms with Gasteiger partial charge in [0.05, 0.1) is 12.8 Å². The number of para-hydroxylation sites is 1. The number of amides is 3. The Morgan fingerprint density at radius 1 is 0.630 bits per heavy atom. The fourth-order valence-electron chi connectivity index (χ4n) is 5.26. The number of rotatable bonds is 12. The van der Waals surface area contributed by atoms with Gasteiger partial charge in [0, 0.05) is 19.3 Å². The molecule has 0 saturated heterocycles. The van der Waals surface area contributed by atoms with Gasteiger partial charge < -0.3 is 15.4 Å². The largest absolute Gasteiger partial charge is 0.489 e. The van der Waals surface area contributed by atoms with E-state index in [0.717, 1.165) is 21.6 Å². The SMILES string of the molecule is CN(Cc1ccc(OCc2ccccc2)cc1)C(=O)C(c1ccccc1)N(C(=O)Cc1ccccc1)C(=O)Cc1ccccc1N. The summed E-state index contributed by atoms with van der Waals surface area (Å²) < 4.78 is 5.91. The van der Waals surface area contributed by atoms with Crippen molar-refractivity contribution in [1.82, 2.24) is 9.80 Å². The summed E-state index contributed by atoms with van der Waals surface area (Å²) >= 11 is 0. The highest BCUT2D eigenvalue weighted by Crippen LogP contribution is 2.27. The minimum atomic E-state index is -1.17. The average Bonchev–Trinajstić information content (AvgIpc) is 3.08. The minimum Gasteiger partial charge on any atom is -0.489 e. The van der Waals surface area contributed by atoms with Crippen molar-refractivity contribution in [2.75, 3.05) is 12.8 Å². The monoisotopic (exact) mass is 611 g/mol. The van der Waals surface area contributed by atoms with Crippen LogP contribution >= 0.6 is 0 Å². The standard InChI is InChI=1S/C39H37N3O4/c1-41(27-30-21-23-34(24-22-30)46-28-31-15-7-3-8-16-31)39(45)38(32-17-9-4-10-18-32)42(36(43)25-29-13-5-2-6-14-29)37(44)26-33-19-11-12-20-35(33)40/h2-24,38H,25-28,40H2,1H3. The predicted molar refractivity (Wildman–Crippen MR) is 179 cm³/mol. The van der Waals surface area contributed by atoms with Gasteiger partial charge in [-0.2, -0.15) is 0 Å². The van der Waals surface area contributed by atoms with Gasteiger partial charge in [0.1, 0.15) is 18.4 Å². The Balaban J connectivity index is 1.40. The smallest absolute Gasteiger partial charge is 0.250 e. The maximum Gasteiger partial charge on any atom is 0.250 e. The average molecular weight is 612 g/mol. The van der Waals surface area contributed by atoms with E-state index in [9.17, 15) is 14.4 Å². The van der Waals surface area contributed by atoms with Gasteiger partial charge in [-0.3, -0.25) is 19.3 Å². The number of anilines is 1. The summed E-state index contributed by atoms with van der Waals surface area (Å²) in [6.45, 7) is 0.717. The molecule has 0 radical (unpaired) electrons. The number of likely N-dealkylation sites (N-methyl/N-ethyl adjacent to an activating group) is 1. The Bertz CT molecular complexity index is 1740. The van der Waals surface area contributed by atoms with Gasteiger partial charge in [0.25, 0.3) is 5.91 Å². The number of nitrogen functional groups attached to an aromatic ring is 1. The first-order valence-corrected chi connectivity index (χ1v) is 15.2. The molecule has 0 bridgehead atoms. The van der Waals surface area contributed by atoms with Gasteiger partial charge in [-0.15, -0.1) is 0 Å². The Hall–Kier alpha value is -5.69. The molecule has 0 aliphatic rings. The van der Waals surface area contributed by atoms with E-state index in [1.807, 2.05) is 91.0 Å². The Morgan fingerprint density at radius 3 is 1.80 bits per heavy atom. The highest BCUT2D eigenvalue weighted by atomic mass is 16.5. The van der Waals surface area contributed by atoms with Crippen molar-refractivity contribution in [1.29, 1.82) is 0 Å². The lowest BCUT2D eigenvalue weighted by Crippen LogP contribution is -2.48. The zero-order valence-corrected chi connectivity index (χ0v) is 25.8. The number of benzene rings is 5. The van der Waals surface area contributed by atoms with Gasteiger partial charge in [-0.1, -0.05) is 121 Å². The Kier molecular flexibility index (Phi) is 10.6. The number of carbonyl (C=O) groups excluding carboxylic acids is 3. The van der Waals surface area contributed by atoms with Crippen molar-refractivity contribution in [3.05, 3.63) is 167 Å². The lowest BCUT2D eigenvalue weighted by atomic mass is 10.00. The first-order chi connectivity index (χ1) is 22.4. The van der Waals surface area contributed by atoms with Crippen LogP contribution in [0.3, 0.4) is 0 Å². The molecule has 5 rings (SSSR count). The van der Waals surface area contributed by atoms with Crippen molar-refractivity contribution in [2.24, 2.45) is 0 Å². The van der Waals surface area contributed by atoms with Gasteiger partial charge in [0.2, 0.25) is 11.8 Å². The molecule has 46 heavy (non-hydrogen) atoms. The fourth-order valence-corrected chi connectivity index (χ4v) is 5.26. The topological polar surface area (TPSA) is 92.9 Å². The van der Waals surface area contributed by atoms with Crippen LogP contribution in [-0.4, -0.2) is 34.6 Å². The predicted octanol–water partition coefficient (Wildman–Crippen LogP) is 6.39. The second-order valence-corrected chi connectivity index (χ2v) is 11.1. The molecule has 7 heteroatoms. The van der Waals surface area contributed by atoms with E-state index in [1.165, 1.54) is 0 Å². The summed E-state index contributed by atoms with van der Waals surface area (Å²) in [5.41, 5.74) is 10.4. The molecule has 0 saturated carbocycles. The minimum absolute atomic E-state index is 0.0401. The highest BCUT2D eigenvalue weighted by molar-refractivity contribution is 6.02. The maximum atomic E-state index is 14.3. The third kappa shape index (κ3) is 8.27. The van der Waals surface area contributed by atoms with E-state index in [-0.39, 0.29) is 25.3 Å². The van der Waals surface area contributed by atoms with E-state index >= 15 is 0 Å². The second-order valence-electron chi connectivity index (χ2n) is 11.1. The molecule has 0 aliphatic carbocycles. The summed E-state index contributed by atoms with van der Waals surface area (Å²) in [4.78, 5) is 45.1. The van der Waals surface area contributed by atoms with Crippen LogP contribution in [0.1, 0.15) is 33.9 Å². The quantitative estimate of drug-likeness (QED) is 0.165. The molecular weight excluding hydrogens is 574 g/mol. The van der Waals surface area contributed by atoms with Crippen LogP contribution in [0, 0.1) is 0 Å². The number of carbonyl (C=O) groups is 3. The zero-order valence-electron chi connectivity index (χ0n) is 25.8. The summed E-state index contributed by atoms with van der Waals surface area (Å²) in [7, 11) is 1.68. The van der Waals surface area contributed by atoms with Crippen LogP contribution in [0.2, 0.25) is 0 Å². The third-order valence-electron chi connectivity index (χ3n) is 7.71. The molecule has 7 nitrogen and oxygen atoms in total. The summed E-state index contributed by atoms with van der Waals surface area (Å²) in [6.07, 6.45) is -0.167. The molecule has 1 unspecified atom stereocenters. The molecule has 0 heterocycles. The Labute approximate surface area is 269 Å². The molecule has 0 spiro atoms. The Morgan fingerprint density at radius 2 is 1.17 bits per heavy atom. The molecule has 232 valence electrons. The van der Waals surface area contributed by atoms with Crippen LogP contribution in [0.15, 0.2) is 140 Å². The summed E-state index contributed by atoms with van der Waals surface area (Å²) in [5, 5.41) is 0. The third-order valence-corrected chi connectivity index (χ3v) is 7.71. The first-order valence-electron chi connectivity index (χ1n) is 15.2. The van der Waals surface area contributed by atoms with Crippen molar-refractivity contribution < 1.29 is 19.1 Å². The second kappa shape index (κ2) is 15.3. The van der Waals surface area contributed by atoms with Gasteiger partial charge in [-0.25, -0.2) is 0 Å². The van der Waals surface area contributed by atoms with E-state index in [4.69, 9.17) is 10.5 Å². The van der Waals surface area contributed by atoms with Gasteiger partial charge in [0.15, 0.2) is 0 Å². The molecule has 1 atom stereocenters. The molecule has 3 amide bonds. The van der Waals surface area contributed by atoms with Crippen LogP contribution in [0.25, 0.3) is 0 Å². The first kappa shape index (κ1) is 31.7. The van der Waals surface area contributed by atoms with Gasteiger partial charge in [-0.05, 0) is 46.0 Å². The van der Waals surface area contributed by atoms with Gasteiger partial charge >= 0.3 is 0 Å². The van der Waals surface area contributed by atoms with Crippen molar-refractivity contribution >= 4 is 23.4 Å². The normalized spacial score (nSPS) is 11.3. The molecule has 0 aliphatic heterocycles. The molecule has 0 aromatic heterocycles. The maximum absolute atomic E-state index is 14.3. The van der Waals surface area contributed by atoms with Crippen molar-refractivity contribution in [3.8, 4) is 5.75 Å². The van der Waals surface area contributed by atoms with E-state index in [1.54, 1.807) is 60.5 Å². The number of ether oxygens (including phenoxy) is 1. The fraction of sp³-hybridized carbons (Fsp3) is 0.154. The van der Waals surface area contributed by atoms with E-state index in [0.29, 0.717) is 29.2 Å². The number of nitrogens with two attached hydrogens (primary N) is 1. The number of imide groups is 1. The molecule has 5 aromatic carbocycles. The van der Waals surface area contributed by atoms with Crippen LogP contribution in [0.5, 0.6) is 5.75 Å². The van der Waals surface area contributed by atoms with Crippen LogP contribution < -0.4 is 10.5 Å². The van der Waals surface area contributed by atoms with Crippen molar-refractivity contribution in [3.63, 3.8) is 0 Å². The van der Waals surface area contributed by atoms with Crippen LogP contribution in [-0.2, 0) is 40.4 Å². The molecule has 5 aromatic rings. The summed E-state index contributed by atoms with van der Waals surface area (Å²) in [6, 6.07) is 41.5. The van der Waals surface area contributed by atoms with E-state index < -0.39 is 17.9 Å². The lowest BCUT2D eigenvalue weighted by Gasteiger charge is -2.33. The van der Waals surface area contributed by atoms with Crippen molar-refractivity contribution in [2.45, 2.75) is 32.0 Å². The van der Waals surface area contributed by atoms with E-state index in [2.05, 4.69) is 0 Å². The molecular formula is C39H37N3O4. The number of hydrogen-bond acceptors (Lipinski definition) is 5. The molecule has 2 N–H and O–H groups in total. The zero-order chi connectivity index (χ0) is 32.3. The lowest BCUT2D eigenvalue weighted by molar-refractivity contribution is -0.154. The highest BCUT2D eigenvalue weighted by Gasteiger charge is 2.37. The number of nitrogens with zero attached hydrogens (tertiary/aromatic N) is 2. The molecule has 0 fully saturated rings. The van der Waals surface area contributed by atoms with Crippen LogP contribution in [0.4, 0.5) is 5.69 Å². The number of hydrogen-bond donors (Lipinski definition) is 1.